The van der Waals surface area contributed by atoms with Crippen LogP contribution in [0.2, 0.25) is 0 Å². The molecule has 0 radical (unpaired) electrons. The Bertz CT molecular complexity index is 591. The first-order chi connectivity index (χ1) is 12.8. The molecule has 3 saturated carbocycles. The molecule has 1 unspecified atom stereocenters. The van der Waals surface area contributed by atoms with E-state index in [1.54, 1.807) is 0 Å². The second-order valence-corrected chi connectivity index (χ2v) is 9.72. The molecule has 4 nitrogen and oxygen atoms in total. The third kappa shape index (κ3) is 4.83. The van der Waals surface area contributed by atoms with Gasteiger partial charge in [0.2, 0.25) is 0 Å². The second kappa shape index (κ2) is 8.48. The summed E-state index contributed by atoms with van der Waals surface area (Å²) in [5.74, 6) is 0.718. The summed E-state index contributed by atoms with van der Waals surface area (Å²) in [6, 6.07) is 0. The van der Waals surface area contributed by atoms with Crippen molar-refractivity contribution in [3.05, 3.63) is 23.8 Å². The molecule has 0 aliphatic heterocycles. The maximum Gasteiger partial charge on any atom is 0.303 e. The Balaban J connectivity index is 1.56. The number of carbonyl (C=O) groups is 1. The number of rotatable bonds is 7. The lowest BCUT2D eigenvalue weighted by atomic mass is 9.78. The van der Waals surface area contributed by atoms with E-state index in [2.05, 4.69) is 26.0 Å². The van der Waals surface area contributed by atoms with Gasteiger partial charge in [-0.15, -0.1) is 0 Å². The average Bonchev–Trinajstić information content (AvgIpc) is 3.21. The van der Waals surface area contributed by atoms with Gasteiger partial charge >= 0.3 is 5.97 Å². The molecule has 4 heteroatoms. The molecule has 3 fully saturated rings. The van der Waals surface area contributed by atoms with Crippen molar-refractivity contribution >= 4 is 5.97 Å². The number of aliphatic hydroxyl groups excluding tert-OH is 2. The number of hydrogen-bond acceptors (Lipinski definition) is 3. The van der Waals surface area contributed by atoms with Crippen LogP contribution in [0, 0.1) is 29.1 Å². The maximum atomic E-state index is 10.7. The molecule has 0 aromatic carbocycles. The highest BCUT2D eigenvalue weighted by Gasteiger charge is 2.45. The van der Waals surface area contributed by atoms with Crippen molar-refractivity contribution in [1.82, 2.24) is 0 Å². The summed E-state index contributed by atoms with van der Waals surface area (Å²) in [5.41, 5.74) is 1.62. The van der Waals surface area contributed by atoms with E-state index < -0.39 is 12.1 Å². The minimum Gasteiger partial charge on any atom is -0.481 e. The van der Waals surface area contributed by atoms with Gasteiger partial charge in [-0.3, -0.25) is 4.79 Å². The summed E-state index contributed by atoms with van der Waals surface area (Å²) in [7, 11) is 0. The number of aliphatic carboxylic acids is 1. The number of unbranched alkanes of at least 4 members (excludes halogenated alkanes) is 1. The van der Waals surface area contributed by atoms with E-state index in [-0.39, 0.29) is 23.9 Å². The van der Waals surface area contributed by atoms with Crippen molar-refractivity contribution in [2.45, 2.75) is 83.8 Å². The first-order valence-corrected chi connectivity index (χ1v) is 10.7. The van der Waals surface area contributed by atoms with Crippen molar-refractivity contribution < 1.29 is 20.1 Å². The smallest absolute Gasteiger partial charge is 0.303 e. The van der Waals surface area contributed by atoms with Crippen LogP contribution in [0.5, 0.6) is 0 Å². The van der Waals surface area contributed by atoms with Gasteiger partial charge in [0.25, 0.3) is 0 Å². The summed E-state index contributed by atoms with van der Waals surface area (Å²) in [6.45, 7) is 4.50. The lowest BCUT2D eigenvalue weighted by Crippen LogP contribution is -2.28. The molecule has 3 N–H and O–H groups in total. The quantitative estimate of drug-likeness (QED) is 0.457. The molecule has 0 spiro atoms. The number of allylic oxidation sites excluding steroid dienone is 2. The zero-order valence-electron chi connectivity index (χ0n) is 16.8. The van der Waals surface area contributed by atoms with E-state index in [0.717, 1.165) is 32.1 Å². The second-order valence-electron chi connectivity index (χ2n) is 9.72. The van der Waals surface area contributed by atoms with Crippen LogP contribution < -0.4 is 0 Å². The van der Waals surface area contributed by atoms with Crippen molar-refractivity contribution in [2.75, 3.05) is 0 Å². The number of carboxylic acids is 1. The largest absolute Gasteiger partial charge is 0.481 e. The summed E-state index contributed by atoms with van der Waals surface area (Å²) in [4.78, 5) is 10.6. The summed E-state index contributed by atoms with van der Waals surface area (Å²) < 4.78 is 0. The van der Waals surface area contributed by atoms with Gasteiger partial charge in [0.15, 0.2) is 0 Å². The van der Waals surface area contributed by atoms with Crippen LogP contribution in [0.3, 0.4) is 0 Å². The average molecular weight is 377 g/mol. The highest BCUT2D eigenvalue weighted by molar-refractivity contribution is 5.66. The monoisotopic (exact) mass is 376 g/mol. The highest BCUT2D eigenvalue weighted by Crippen LogP contribution is 2.51. The molecular weight excluding hydrogens is 340 g/mol. The highest BCUT2D eigenvalue weighted by atomic mass is 16.4. The van der Waals surface area contributed by atoms with E-state index in [9.17, 15) is 15.0 Å². The maximum absolute atomic E-state index is 10.7. The van der Waals surface area contributed by atoms with Crippen molar-refractivity contribution in [3.63, 3.8) is 0 Å². The van der Waals surface area contributed by atoms with Crippen LogP contribution in [-0.2, 0) is 4.79 Å². The third-order valence-corrected chi connectivity index (χ3v) is 7.42. The van der Waals surface area contributed by atoms with Crippen LogP contribution in [0.1, 0.15) is 71.6 Å². The molecular formula is C23H36O4. The molecule has 3 aliphatic rings. The van der Waals surface area contributed by atoms with Gasteiger partial charge in [-0.25, -0.2) is 0 Å². The number of carboxylic acid groups (broad SMARTS) is 1. The molecule has 0 heterocycles. The van der Waals surface area contributed by atoms with Crippen LogP contribution >= 0.6 is 0 Å². The minimum atomic E-state index is -0.728. The first-order valence-electron chi connectivity index (χ1n) is 10.7. The standard InChI is InChI=1S/C23H36O4/c1-23(2)11-5-7-19(23)20(24)10-9-17-18-13-15(6-3-4-8-22(26)27)12-16(18)14-21(17)25/h6,9-10,16-21,24-25H,3-5,7-8,11-14H2,1-2H3,(H,26,27)/b10-9+,15-6+/t16-,17-,18+,19?,20+,21-/m1/s1. The summed E-state index contributed by atoms with van der Waals surface area (Å²) in [5, 5.41) is 29.9. The molecule has 0 aromatic rings. The van der Waals surface area contributed by atoms with Crippen molar-refractivity contribution in [2.24, 2.45) is 29.1 Å². The lowest BCUT2D eigenvalue weighted by Gasteiger charge is -2.30. The zero-order chi connectivity index (χ0) is 19.6. The molecule has 0 aromatic heterocycles. The molecule has 27 heavy (non-hydrogen) atoms. The van der Waals surface area contributed by atoms with Gasteiger partial charge in [-0.2, -0.15) is 0 Å². The van der Waals surface area contributed by atoms with E-state index in [1.165, 1.54) is 18.4 Å². The molecule has 3 rings (SSSR count). The normalized spacial score (nSPS) is 37.9. The van der Waals surface area contributed by atoms with Gasteiger partial charge < -0.3 is 15.3 Å². The Kier molecular flexibility index (Phi) is 6.47. The molecule has 0 amide bonds. The predicted molar refractivity (Wildman–Crippen MR) is 106 cm³/mol. The number of fused-ring (bicyclic) bond motifs is 1. The zero-order valence-corrected chi connectivity index (χ0v) is 16.8. The van der Waals surface area contributed by atoms with Gasteiger partial charge in [0, 0.05) is 12.3 Å². The Hall–Kier alpha value is -1.13. The van der Waals surface area contributed by atoms with E-state index in [1.807, 2.05) is 6.08 Å². The van der Waals surface area contributed by atoms with Crippen LogP contribution in [0.15, 0.2) is 23.8 Å². The topological polar surface area (TPSA) is 77.8 Å². The fourth-order valence-corrected chi connectivity index (χ4v) is 5.86. The molecule has 3 aliphatic carbocycles. The Labute approximate surface area is 163 Å². The molecule has 0 saturated heterocycles. The minimum absolute atomic E-state index is 0.138. The van der Waals surface area contributed by atoms with Gasteiger partial charge in [0.05, 0.1) is 12.2 Å². The van der Waals surface area contributed by atoms with E-state index >= 15 is 0 Å². The van der Waals surface area contributed by atoms with E-state index in [0.29, 0.717) is 24.2 Å². The molecule has 6 atom stereocenters. The van der Waals surface area contributed by atoms with Crippen LogP contribution in [0.4, 0.5) is 0 Å². The Morgan fingerprint density at radius 1 is 1.33 bits per heavy atom. The molecule has 0 bridgehead atoms. The number of hydrogen-bond donors (Lipinski definition) is 3. The van der Waals surface area contributed by atoms with Crippen molar-refractivity contribution in [3.8, 4) is 0 Å². The predicted octanol–water partition coefficient (Wildman–Crippen LogP) is 4.32. The fraction of sp³-hybridized carbons (Fsp3) is 0.783. The first kappa shape index (κ1) is 20.6. The third-order valence-electron chi connectivity index (χ3n) is 7.42. The Morgan fingerprint density at radius 2 is 2.11 bits per heavy atom. The summed E-state index contributed by atoms with van der Waals surface area (Å²) >= 11 is 0. The lowest BCUT2D eigenvalue weighted by molar-refractivity contribution is -0.137. The number of aliphatic hydroxyl groups is 2. The molecule has 152 valence electrons. The summed E-state index contributed by atoms with van der Waals surface area (Å²) in [6.07, 6.45) is 13.7. The van der Waals surface area contributed by atoms with Crippen LogP contribution in [0.25, 0.3) is 0 Å². The fourth-order valence-electron chi connectivity index (χ4n) is 5.86. The van der Waals surface area contributed by atoms with Crippen LogP contribution in [-0.4, -0.2) is 33.5 Å². The van der Waals surface area contributed by atoms with Crippen molar-refractivity contribution in [1.29, 1.82) is 0 Å². The van der Waals surface area contributed by atoms with E-state index in [4.69, 9.17) is 5.11 Å². The van der Waals surface area contributed by atoms with Gasteiger partial charge in [0.1, 0.15) is 0 Å². The van der Waals surface area contributed by atoms with Gasteiger partial charge in [-0.05, 0) is 68.1 Å². The van der Waals surface area contributed by atoms with Gasteiger partial charge in [-0.1, -0.05) is 44.1 Å². The Morgan fingerprint density at radius 3 is 2.78 bits per heavy atom. The SMILES string of the molecule is CC1(C)CCCC1[C@@H](O)/C=C/[C@@H]1[C@H]2C/C(=C/CCCC(=O)O)C[C@@H]2C[C@H]1O.